The zero-order valence-corrected chi connectivity index (χ0v) is 13.2. The lowest BCUT2D eigenvalue weighted by atomic mass is 9.76. The molecular weight excluding hydrogens is 292 g/mol. The van der Waals surface area contributed by atoms with Gasteiger partial charge in [-0.2, -0.15) is 5.26 Å². The van der Waals surface area contributed by atoms with Gasteiger partial charge in [-0.25, -0.2) is 0 Å². The molecule has 0 amide bonds. The van der Waals surface area contributed by atoms with E-state index >= 15 is 0 Å². The summed E-state index contributed by atoms with van der Waals surface area (Å²) in [5, 5.41) is 11.0. The van der Waals surface area contributed by atoms with Crippen LogP contribution in [0.1, 0.15) is 26.0 Å². The van der Waals surface area contributed by atoms with Crippen LogP contribution in [-0.2, 0) is 20.7 Å². The number of ether oxygens (including phenoxy) is 1. The van der Waals surface area contributed by atoms with Gasteiger partial charge in [0.1, 0.15) is 11.2 Å². The zero-order valence-electron chi connectivity index (χ0n) is 13.2. The van der Waals surface area contributed by atoms with Crippen molar-refractivity contribution in [3.05, 3.63) is 42.2 Å². The SMILES string of the molecule is CCOC(=O)C(CC#N)(Cc1nccc2ccccc12)C(C)=O. The molecule has 0 aliphatic rings. The van der Waals surface area contributed by atoms with Crippen molar-refractivity contribution in [2.24, 2.45) is 5.41 Å². The number of fused-ring (bicyclic) bond motifs is 1. The van der Waals surface area contributed by atoms with Gasteiger partial charge < -0.3 is 4.74 Å². The summed E-state index contributed by atoms with van der Waals surface area (Å²) in [4.78, 5) is 29.0. The van der Waals surface area contributed by atoms with E-state index in [1.54, 1.807) is 13.1 Å². The van der Waals surface area contributed by atoms with Gasteiger partial charge in [-0.1, -0.05) is 24.3 Å². The first kappa shape index (κ1) is 16.6. The number of aromatic nitrogens is 1. The summed E-state index contributed by atoms with van der Waals surface area (Å²) in [6, 6.07) is 11.4. The smallest absolute Gasteiger partial charge is 0.321 e. The lowest BCUT2D eigenvalue weighted by Crippen LogP contribution is -2.41. The van der Waals surface area contributed by atoms with E-state index in [-0.39, 0.29) is 25.2 Å². The monoisotopic (exact) mass is 310 g/mol. The Morgan fingerprint density at radius 3 is 2.70 bits per heavy atom. The summed E-state index contributed by atoms with van der Waals surface area (Å²) in [7, 11) is 0. The Hall–Kier alpha value is -2.74. The number of esters is 1. The van der Waals surface area contributed by atoms with E-state index in [0.29, 0.717) is 5.69 Å². The standard InChI is InChI=1S/C18H18N2O3/c1-3-23-17(22)18(9-10-19,13(2)21)12-16-15-7-5-4-6-14(15)8-11-20-16/h4-8,11H,3,9,12H2,1-2H3. The second-order valence-corrected chi connectivity index (χ2v) is 5.35. The van der Waals surface area contributed by atoms with E-state index in [4.69, 9.17) is 10.00 Å². The molecule has 0 radical (unpaired) electrons. The number of ketones is 1. The van der Waals surface area contributed by atoms with E-state index in [2.05, 4.69) is 4.98 Å². The number of nitriles is 1. The maximum Gasteiger partial charge on any atom is 0.321 e. The van der Waals surface area contributed by atoms with Crippen molar-refractivity contribution in [1.29, 1.82) is 5.26 Å². The Labute approximate surface area is 134 Å². The third-order valence-corrected chi connectivity index (χ3v) is 3.95. The molecule has 0 spiro atoms. The molecule has 1 aromatic carbocycles. The number of Topliss-reactive ketones (excluding diaryl/α,β-unsaturated/α-hetero) is 1. The molecule has 23 heavy (non-hydrogen) atoms. The predicted molar refractivity (Wildman–Crippen MR) is 85.4 cm³/mol. The summed E-state index contributed by atoms with van der Waals surface area (Å²) in [5.41, 5.74) is -0.899. The molecule has 0 N–H and O–H groups in total. The molecule has 1 atom stereocenters. The number of hydrogen-bond donors (Lipinski definition) is 0. The molecule has 0 saturated heterocycles. The Morgan fingerprint density at radius 2 is 2.04 bits per heavy atom. The van der Waals surface area contributed by atoms with Gasteiger partial charge in [0.2, 0.25) is 0 Å². The van der Waals surface area contributed by atoms with Gasteiger partial charge in [0.25, 0.3) is 0 Å². The highest BCUT2D eigenvalue weighted by molar-refractivity contribution is 6.03. The molecule has 118 valence electrons. The number of pyridine rings is 1. The largest absolute Gasteiger partial charge is 0.465 e. The zero-order chi connectivity index (χ0) is 16.9. The maximum absolute atomic E-state index is 12.4. The molecule has 1 unspecified atom stereocenters. The van der Waals surface area contributed by atoms with Crippen LogP contribution in [-0.4, -0.2) is 23.3 Å². The second kappa shape index (κ2) is 7.01. The first-order valence-electron chi connectivity index (χ1n) is 7.43. The van der Waals surface area contributed by atoms with Gasteiger partial charge in [-0.3, -0.25) is 14.6 Å². The highest BCUT2D eigenvalue weighted by Crippen LogP contribution is 2.32. The van der Waals surface area contributed by atoms with Crippen LogP contribution in [0, 0.1) is 16.7 Å². The number of benzene rings is 1. The average molecular weight is 310 g/mol. The van der Waals surface area contributed by atoms with Gasteiger partial charge >= 0.3 is 5.97 Å². The number of hydrogen-bond acceptors (Lipinski definition) is 5. The minimum Gasteiger partial charge on any atom is -0.465 e. The molecule has 2 aromatic rings. The molecule has 0 aliphatic carbocycles. The first-order valence-corrected chi connectivity index (χ1v) is 7.43. The van der Waals surface area contributed by atoms with Gasteiger partial charge in [0.05, 0.1) is 19.1 Å². The molecule has 1 heterocycles. The van der Waals surface area contributed by atoms with Crippen molar-refractivity contribution in [2.75, 3.05) is 6.61 Å². The highest BCUT2D eigenvalue weighted by atomic mass is 16.5. The summed E-state index contributed by atoms with van der Waals surface area (Å²) < 4.78 is 5.07. The lowest BCUT2D eigenvalue weighted by Gasteiger charge is -2.26. The van der Waals surface area contributed by atoms with Gasteiger partial charge in [0, 0.05) is 23.7 Å². The first-order chi connectivity index (χ1) is 11.0. The minimum absolute atomic E-state index is 0.0517. The van der Waals surface area contributed by atoms with E-state index in [1.165, 1.54) is 6.92 Å². The quantitative estimate of drug-likeness (QED) is 0.605. The molecule has 1 aromatic heterocycles. The minimum atomic E-state index is -1.51. The van der Waals surface area contributed by atoms with Crippen LogP contribution in [0.2, 0.25) is 0 Å². The third kappa shape index (κ3) is 3.21. The molecule has 0 bridgehead atoms. The summed E-state index contributed by atoms with van der Waals surface area (Å²) in [6.07, 6.45) is 1.46. The third-order valence-electron chi connectivity index (χ3n) is 3.95. The van der Waals surface area contributed by atoms with E-state index in [9.17, 15) is 9.59 Å². The van der Waals surface area contributed by atoms with Crippen LogP contribution in [0.25, 0.3) is 10.8 Å². The second-order valence-electron chi connectivity index (χ2n) is 5.35. The lowest BCUT2D eigenvalue weighted by molar-refractivity contribution is -0.159. The Balaban J connectivity index is 2.54. The van der Waals surface area contributed by atoms with Crippen LogP contribution in [0.4, 0.5) is 0 Å². The van der Waals surface area contributed by atoms with Crippen molar-refractivity contribution < 1.29 is 14.3 Å². The van der Waals surface area contributed by atoms with Gasteiger partial charge in [0.15, 0.2) is 0 Å². The van der Waals surface area contributed by atoms with Crippen LogP contribution in [0.3, 0.4) is 0 Å². The van der Waals surface area contributed by atoms with Gasteiger partial charge in [-0.15, -0.1) is 0 Å². The summed E-state index contributed by atoms with van der Waals surface area (Å²) >= 11 is 0. The van der Waals surface area contributed by atoms with Crippen molar-refractivity contribution in [1.82, 2.24) is 4.98 Å². The van der Waals surface area contributed by atoms with Crippen LogP contribution in [0.15, 0.2) is 36.5 Å². The van der Waals surface area contributed by atoms with E-state index < -0.39 is 11.4 Å². The van der Waals surface area contributed by atoms with Crippen molar-refractivity contribution in [2.45, 2.75) is 26.7 Å². The molecule has 0 aliphatic heterocycles. The van der Waals surface area contributed by atoms with Crippen molar-refractivity contribution >= 4 is 22.5 Å². The molecule has 0 fully saturated rings. The molecule has 5 heteroatoms. The Bertz CT molecular complexity index is 774. The number of carbonyl (C=O) groups excluding carboxylic acids is 2. The number of carbonyl (C=O) groups is 2. The fourth-order valence-corrected chi connectivity index (χ4v) is 2.61. The Morgan fingerprint density at radius 1 is 1.30 bits per heavy atom. The average Bonchev–Trinajstić information content (AvgIpc) is 2.54. The van der Waals surface area contributed by atoms with E-state index in [1.807, 2.05) is 36.4 Å². The maximum atomic E-state index is 12.4. The topological polar surface area (TPSA) is 80.1 Å². The van der Waals surface area contributed by atoms with Crippen molar-refractivity contribution in [3.8, 4) is 6.07 Å². The highest BCUT2D eigenvalue weighted by Gasteiger charge is 2.45. The normalized spacial score (nSPS) is 13.1. The molecule has 0 saturated carbocycles. The molecule has 5 nitrogen and oxygen atoms in total. The van der Waals surface area contributed by atoms with Crippen LogP contribution in [0.5, 0.6) is 0 Å². The fourth-order valence-electron chi connectivity index (χ4n) is 2.61. The fraction of sp³-hybridized carbons (Fsp3) is 0.333. The van der Waals surface area contributed by atoms with Crippen molar-refractivity contribution in [3.63, 3.8) is 0 Å². The predicted octanol–water partition coefficient (Wildman–Crippen LogP) is 2.83. The molecular formula is C18H18N2O3. The molecule has 2 rings (SSSR count). The number of rotatable bonds is 6. The van der Waals surface area contributed by atoms with Crippen LogP contribution < -0.4 is 0 Å². The van der Waals surface area contributed by atoms with Crippen LogP contribution >= 0.6 is 0 Å². The van der Waals surface area contributed by atoms with E-state index in [0.717, 1.165) is 10.8 Å². The summed E-state index contributed by atoms with van der Waals surface area (Å²) in [5.74, 6) is -1.05. The number of nitrogens with zero attached hydrogens (tertiary/aromatic N) is 2. The Kier molecular flexibility index (Phi) is 5.07. The summed E-state index contributed by atoms with van der Waals surface area (Å²) in [6.45, 7) is 3.15. The van der Waals surface area contributed by atoms with Gasteiger partial charge in [-0.05, 0) is 25.3 Å².